The van der Waals surface area contributed by atoms with Crippen molar-refractivity contribution in [1.82, 2.24) is 14.5 Å². The van der Waals surface area contributed by atoms with E-state index in [1.165, 1.54) is 6.07 Å². The zero-order chi connectivity index (χ0) is 25.4. The Hall–Kier alpha value is -3.70. The van der Waals surface area contributed by atoms with Crippen molar-refractivity contribution in [1.29, 1.82) is 0 Å². The molecule has 0 aliphatic carbocycles. The summed E-state index contributed by atoms with van der Waals surface area (Å²) in [6.07, 6.45) is 0.361. The highest BCUT2D eigenvalue weighted by Crippen LogP contribution is 2.35. The van der Waals surface area contributed by atoms with E-state index in [-0.39, 0.29) is 40.0 Å². The number of rotatable bonds is 7. The molecule has 5 rings (SSSR count). The molecule has 0 fully saturated rings. The van der Waals surface area contributed by atoms with Gasteiger partial charge in [0, 0.05) is 6.54 Å². The second-order valence-corrected chi connectivity index (χ2v) is 10.8. The first-order valence-electron chi connectivity index (χ1n) is 11.0. The van der Waals surface area contributed by atoms with Crippen LogP contribution in [0.3, 0.4) is 0 Å². The maximum absolute atomic E-state index is 13.7. The van der Waals surface area contributed by atoms with Crippen LogP contribution in [0.1, 0.15) is 22.5 Å². The van der Waals surface area contributed by atoms with Gasteiger partial charge in [0.05, 0.1) is 22.5 Å². The van der Waals surface area contributed by atoms with Crippen molar-refractivity contribution in [3.8, 4) is 0 Å². The van der Waals surface area contributed by atoms with Crippen LogP contribution in [0, 0.1) is 6.92 Å². The summed E-state index contributed by atoms with van der Waals surface area (Å²) in [5, 5.41) is 0. The van der Waals surface area contributed by atoms with Gasteiger partial charge in [-0.05, 0) is 65.7 Å². The molecule has 9 nitrogen and oxygen atoms in total. The molecule has 3 aromatic heterocycles. The number of benzene rings is 2. The predicted octanol–water partition coefficient (Wildman–Crippen LogP) is 4.91. The van der Waals surface area contributed by atoms with Crippen molar-refractivity contribution in [2.75, 3.05) is 12.3 Å². The Kier molecular flexibility index (Phi) is 6.27. The molecule has 0 bridgehead atoms. The number of aryl methyl sites for hydroxylation is 2. The first-order valence-corrected chi connectivity index (χ1v) is 13.3. The fourth-order valence-electron chi connectivity index (χ4n) is 3.90. The van der Waals surface area contributed by atoms with Crippen molar-refractivity contribution in [2.45, 2.75) is 29.7 Å². The first kappa shape index (κ1) is 24.0. The molecule has 0 radical (unpaired) electrons. The molecule has 2 N–H and O–H groups in total. The Morgan fingerprint density at radius 3 is 2.42 bits per heavy atom. The molecule has 3 heterocycles. The molecule has 0 saturated carbocycles. The van der Waals surface area contributed by atoms with Gasteiger partial charge < -0.3 is 19.5 Å². The van der Waals surface area contributed by atoms with Gasteiger partial charge in [0.2, 0.25) is 15.6 Å². The third-order valence-corrected chi connectivity index (χ3v) is 7.94. The Labute approximate surface area is 214 Å². The van der Waals surface area contributed by atoms with Crippen LogP contribution in [0.4, 0.5) is 5.82 Å². The van der Waals surface area contributed by atoms with Crippen molar-refractivity contribution in [3.05, 3.63) is 76.7 Å². The highest BCUT2D eigenvalue weighted by Gasteiger charge is 2.30. The summed E-state index contributed by atoms with van der Waals surface area (Å²) >= 11 is 3.15. The number of fused-ring (bicyclic) bond motifs is 2. The lowest BCUT2D eigenvalue weighted by molar-refractivity contribution is 0.0458. The fraction of sp³-hybridized carbons (Fsp3) is 0.160. The minimum atomic E-state index is -3.99. The van der Waals surface area contributed by atoms with Crippen LogP contribution in [0.25, 0.3) is 22.2 Å². The second-order valence-electron chi connectivity index (χ2n) is 8.16. The number of ether oxygens (including phenoxy) is 1. The van der Waals surface area contributed by atoms with Crippen LogP contribution in [-0.4, -0.2) is 35.5 Å². The molecule has 0 spiro atoms. The van der Waals surface area contributed by atoms with Crippen LogP contribution in [0.2, 0.25) is 0 Å². The number of anilines is 1. The van der Waals surface area contributed by atoms with Gasteiger partial charge in [-0.1, -0.05) is 29.8 Å². The highest BCUT2D eigenvalue weighted by molar-refractivity contribution is 9.10. The van der Waals surface area contributed by atoms with Crippen LogP contribution < -0.4 is 5.73 Å². The first-order chi connectivity index (χ1) is 17.3. The number of nitrogen functional groups attached to an aromatic ring is 1. The molecule has 0 aliphatic heterocycles. The number of halogens is 1. The molecule has 0 amide bonds. The Morgan fingerprint density at radius 2 is 1.75 bits per heavy atom. The second kappa shape index (κ2) is 9.40. The largest absolute Gasteiger partial charge is 0.460 e. The number of hydrogen-bond acceptors (Lipinski definition) is 8. The van der Waals surface area contributed by atoms with E-state index in [0.29, 0.717) is 27.8 Å². The van der Waals surface area contributed by atoms with Crippen LogP contribution in [0.5, 0.6) is 0 Å². The van der Waals surface area contributed by atoms with Gasteiger partial charge in [0.1, 0.15) is 16.2 Å². The summed E-state index contributed by atoms with van der Waals surface area (Å²) in [6.45, 7) is 2.21. The summed E-state index contributed by atoms with van der Waals surface area (Å²) in [4.78, 5) is 21.5. The molecule has 0 aliphatic rings. The number of aromatic nitrogens is 3. The predicted molar refractivity (Wildman–Crippen MR) is 137 cm³/mol. The molecule has 0 saturated heterocycles. The fourth-order valence-corrected chi connectivity index (χ4v) is 5.71. The molecule has 2 aromatic carbocycles. The smallest absolute Gasteiger partial charge is 0.374 e. The maximum Gasteiger partial charge on any atom is 0.374 e. The number of carbonyl (C=O) groups is 1. The summed E-state index contributed by atoms with van der Waals surface area (Å²) in [5.74, 6) is -0.488. The number of nitrogens with zero attached hydrogens (tertiary/aromatic N) is 3. The van der Waals surface area contributed by atoms with Crippen molar-refractivity contribution in [3.63, 3.8) is 0 Å². The van der Waals surface area contributed by atoms with E-state index in [9.17, 15) is 13.2 Å². The molecular formula is C25H21BrN4O5S. The van der Waals surface area contributed by atoms with Crippen LogP contribution in [-0.2, 0) is 21.1 Å². The third-order valence-electron chi connectivity index (χ3n) is 5.68. The van der Waals surface area contributed by atoms with Gasteiger partial charge >= 0.3 is 5.97 Å². The molecule has 36 heavy (non-hydrogen) atoms. The number of nitrogens with two attached hydrogens (primary N) is 1. The molecular weight excluding hydrogens is 548 g/mol. The van der Waals surface area contributed by atoms with E-state index in [4.69, 9.17) is 14.9 Å². The number of esters is 1. The van der Waals surface area contributed by atoms with Gasteiger partial charge in [0.25, 0.3) is 0 Å². The topological polar surface area (TPSA) is 130 Å². The van der Waals surface area contributed by atoms with E-state index in [1.54, 1.807) is 47.0 Å². The monoisotopic (exact) mass is 568 g/mol. The average molecular weight is 569 g/mol. The Morgan fingerprint density at radius 1 is 1.06 bits per heavy atom. The molecule has 0 atom stereocenters. The van der Waals surface area contributed by atoms with E-state index in [1.807, 2.05) is 19.1 Å². The van der Waals surface area contributed by atoms with E-state index in [2.05, 4.69) is 25.9 Å². The van der Waals surface area contributed by atoms with E-state index >= 15 is 0 Å². The molecule has 0 unspecified atom stereocenters. The number of carbonyl (C=O) groups excluding carboxylic acids is 1. The highest BCUT2D eigenvalue weighted by atomic mass is 79.9. The van der Waals surface area contributed by atoms with Crippen molar-refractivity contribution in [2.24, 2.45) is 0 Å². The Bertz CT molecular complexity index is 1710. The van der Waals surface area contributed by atoms with Gasteiger partial charge in [-0.2, -0.15) is 0 Å². The maximum atomic E-state index is 13.7. The summed E-state index contributed by atoms with van der Waals surface area (Å²) in [6, 6.07) is 16.9. The van der Waals surface area contributed by atoms with Crippen LogP contribution >= 0.6 is 15.9 Å². The number of furan rings is 1. The zero-order valence-electron chi connectivity index (χ0n) is 19.1. The average Bonchev–Trinajstić information content (AvgIpc) is 3.41. The quantitative estimate of drug-likeness (QED) is 0.216. The standard InChI is InChI=1S/C25H21BrN4O5S/c1-15-7-9-16(10-8-15)36(32,33)22-21-24(29-18-6-3-2-5-17(18)28-21)30(23(22)27)13-4-14-34-25(31)19-11-12-20(26)35-19/h2-3,5-12H,4,13-14,27H2,1H3. The SMILES string of the molecule is Cc1ccc(S(=O)(=O)c2c(N)n(CCCOC(=O)c3ccc(Br)o3)c3nc4ccccc4nc23)cc1. The molecule has 11 heteroatoms. The Balaban J connectivity index is 1.52. The van der Waals surface area contributed by atoms with E-state index in [0.717, 1.165) is 5.56 Å². The summed E-state index contributed by atoms with van der Waals surface area (Å²) in [7, 11) is -3.99. The molecule has 5 aromatic rings. The van der Waals surface area contributed by atoms with Crippen LogP contribution in [0.15, 0.2) is 79.5 Å². The number of para-hydroxylation sites is 2. The van der Waals surface area contributed by atoms with Gasteiger partial charge in [0.15, 0.2) is 10.3 Å². The van der Waals surface area contributed by atoms with Gasteiger partial charge in [-0.3, -0.25) is 0 Å². The summed E-state index contributed by atoms with van der Waals surface area (Å²) in [5.41, 5.74) is 9.09. The lowest BCUT2D eigenvalue weighted by atomic mass is 10.2. The lowest BCUT2D eigenvalue weighted by Crippen LogP contribution is -2.11. The third kappa shape index (κ3) is 4.35. The zero-order valence-corrected chi connectivity index (χ0v) is 21.5. The number of sulfone groups is 1. The van der Waals surface area contributed by atoms with Gasteiger partial charge in [-0.25, -0.2) is 23.2 Å². The van der Waals surface area contributed by atoms with Gasteiger partial charge in [-0.15, -0.1) is 0 Å². The minimum Gasteiger partial charge on any atom is -0.460 e. The number of hydrogen-bond donors (Lipinski definition) is 1. The normalized spacial score (nSPS) is 11.8. The van der Waals surface area contributed by atoms with Crippen molar-refractivity contribution < 1.29 is 22.4 Å². The van der Waals surface area contributed by atoms with Crippen molar-refractivity contribution >= 4 is 59.8 Å². The molecule has 184 valence electrons. The van der Waals surface area contributed by atoms with E-state index < -0.39 is 15.8 Å². The summed E-state index contributed by atoms with van der Waals surface area (Å²) < 4.78 is 39.8. The lowest BCUT2D eigenvalue weighted by Gasteiger charge is -2.09. The minimum absolute atomic E-state index is 0.0298.